The molecule has 2 aromatic rings. The number of hydrogen-bond acceptors (Lipinski definition) is 4. The van der Waals surface area contributed by atoms with Gasteiger partial charge in [-0.3, -0.25) is 4.79 Å². The molecule has 1 aliphatic rings. The molecule has 1 aromatic heterocycles. The van der Waals surface area contributed by atoms with Crippen LogP contribution in [0.15, 0.2) is 34.7 Å². The molecule has 1 fully saturated rings. The van der Waals surface area contributed by atoms with E-state index in [0.29, 0.717) is 32.6 Å². The Morgan fingerprint density at radius 1 is 1.32 bits per heavy atom. The van der Waals surface area contributed by atoms with Gasteiger partial charge in [0.1, 0.15) is 11.3 Å². The van der Waals surface area contributed by atoms with Gasteiger partial charge in [0.15, 0.2) is 0 Å². The highest BCUT2D eigenvalue weighted by molar-refractivity contribution is 5.86. The molecule has 0 bridgehead atoms. The summed E-state index contributed by atoms with van der Waals surface area (Å²) in [5.74, 6) is 0.717. The molecule has 1 aliphatic heterocycles. The molecule has 0 unspecified atom stereocenters. The monoisotopic (exact) mass is 324 g/mol. The van der Waals surface area contributed by atoms with Gasteiger partial charge in [-0.25, -0.2) is 0 Å². The van der Waals surface area contributed by atoms with Gasteiger partial charge in [-0.2, -0.15) is 0 Å². The van der Waals surface area contributed by atoms with Crippen molar-refractivity contribution in [3.05, 3.63) is 36.1 Å². The number of fused-ring (bicyclic) bond motifs is 1. The number of carbonyl (C=O) groups is 1. The van der Waals surface area contributed by atoms with Gasteiger partial charge in [0, 0.05) is 25.6 Å². The average Bonchev–Trinajstić information content (AvgIpc) is 2.89. The molecule has 5 nitrogen and oxygen atoms in total. The molecule has 2 N–H and O–H groups in total. The zero-order valence-corrected chi connectivity index (χ0v) is 13.4. The second-order valence-electron chi connectivity index (χ2n) is 5.68. The third kappa shape index (κ3) is 3.27. The van der Waals surface area contributed by atoms with Crippen LogP contribution < -0.4 is 5.73 Å². The van der Waals surface area contributed by atoms with Crippen molar-refractivity contribution in [3.63, 3.8) is 0 Å². The summed E-state index contributed by atoms with van der Waals surface area (Å²) in [5, 5.41) is 1.04. The first-order valence-electron chi connectivity index (χ1n) is 7.18. The molecule has 1 amide bonds. The van der Waals surface area contributed by atoms with Crippen LogP contribution >= 0.6 is 12.4 Å². The number of nitrogens with zero attached hydrogens (tertiary/aromatic N) is 1. The van der Waals surface area contributed by atoms with Crippen LogP contribution in [0.25, 0.3) is 11.0 Å². The fraction of sp³-hybridized carbons (Fsp3) is 0.438. The largest absolute Gasteiger partial charge is 0.459 e. The number of carbonyl (C=O) groups excluding carboxylic acids is 1. The maximum absolute atomic E-state index is 12.5. The van der Waals surface area contributed by atoms with Gasteiger partial charge in [0.25, 0.3) is 0 Å². The summed E-state index contributed by atoms with van der Waals surface area (Å²) in [6, 6.07) is 9.78. The SMILES string of the molecule is CN(Cc1cc2ccccc2o1)C(=O)C1(N)CCOCC1.Cl. The summed E-state index contributed by atoms with van der Waals surface area (Å²) in [4.78, 5) is 14.2. The smallest absolute Gasteiger partial charge is 0.242 e. The zero-order chi connectivity index (χ0) is 14.9. The molecule has 3 rings (SSSR count). The predicted octanol–water partition coefficient (Wildman–Crippen LogP) is 2.32. The second-order valence-corrected chi connectivity index (χ2v) is 5.68. The molecule has 0 spiro atoms. The lowest BCUT2D eigenvalue weighted by molar-refractivity contribution is -0.140. The van der Waals surface area contributed by atoms with Crippen molar-refractivity contribution in [1.82, 2.24) is 4.90 Å². The third-order valence-corrected chi connectivity index (χ3v) is 4.03. The Bertz CT molecular complexity index is 617. The Kier molecular flexibility index (Phi) is 5.11. The normalized spacial score (nSPS) is 17.0. The Morgan fingerprint density at radius 2 is 2.00 bits per heavy atom. The number of likely N-dealkylation sites (N-methyl/N-ethyl adjacent to an activating group) is 1. The summed E-state index contributed by atoms with van der Waals surface area (Å²) < 4.78 is 11.0. The number of hydrogen-bond donors (Lipinski definition) is 1. The molecule has 1 aromatic carbocycles. The number of nitrogens with two attached hydrogens (primary N) is 1. The number of furan rings is 1. The summed E-state index contributed by atoms with van der Waals surface area (Å²) in [7, 11) is 1.76. The first-order valence-corrected chi connectivity index (χ1v) is 7.18. The lowest BCUT2D eigenvalue weighted by atomic mass is 9.90. The van der Waals surface area contributed by atoms with Crippen LogP contribution in [0.4, 0.5) is 0 Å². The Balaban J connectivity index is 0.00000176. The van der Waals surface area contributed by atoms with Crippen LogP contribution in [0.2, 0.25) is 0 Å². The number of ether oxygens (including phenoxy) is 1. The van der Waals surface area contributed by atoms with Crippen LogP contribution in [0.1, 0.15) is 18.6 Å². The minimum atomic E-state index is -0.807. The van der Waals surface area contributed by atoms with E-state index in [2.05, 4.69) is 0 Å². The number of benzene rings is 1. The molecular formula is C16H21ClN2O3. The minimum Gasteiger partial charge on any atom is -0.459 e. The van der Waals surface area contributed by atoms with Gasteiger partial charge in [0.2, 0.25) is 5.91 Å². The maximum atomic E-state index is 12.5. The highest BCUT2D eigenvalue weighted by Gasteiger charge is 2.38. The van der Waals surface area contributed by atoms with Crippen LogP contribution in [0.3, 0.4) is 0 Å². The van der Waals surface area contributed by atoms with E-state index in [1.807, 2.05) is 30.3 Å². The molecule has 22 heavy (non-hydrogen) atoms. The van der Waals surface area contributed by atoms with E-state index in [9.17, 15) is 4.79 Å². The van der Waals surface area contributed by atoms with Gasteiger partial charge >= 0.3 is 0 Å². The molecule has 0 radical (unpaired) electrons. The predicted molar refractivity (Wildman–Crippen MR) is 86.9 cm³/mol. The third-order valence-electron chi connectivity index (χ3n) is 4.03. The Hall–Kier alpha value is -1.56. The van der Waals surface area contributed by atoms with Gasteiger partial charge in [0.05, 0.1) is 12.1 Å². The Morgan fingerprint density at radius 3 is 2.68 bits per heavy atom. The lowest BCUT2D eigenvalue weighted by Gasteiger charge is -2.35. The van der Waals surface area contributed by atoms with E-state index < -0.39 is 5.54 Å². The molecular weight excluding hydrogens is 304 g/mol. The fourth-order valence-corrected chi connectivity index (χ4v) is 2.75. The zero-order valence-electron chi connectivity index (χ0n) is 12.6. The van der Waals surface area contributed by atoms with Crippen LogP contribution in [-0.2, 0) is 16.1 Å². The van der Waals surface area contributed by atoms with E-state index in [-0.39, 0.29) is 18.3 Å². The maximum Gasteiger partial charge on any atom is 0.242 e. The van der Waals surface area contributed by atoms with Crippen molar-refractivity contribution in [1.29, 1.82) is 0 Å². The van der Waals surface area contributed by atoms with Crippen molar-refractivity contribution < 1.29 is 13.9 Å². The molecule has 0 atom stereocenters. The van der Waals surface area contributed by atoms with E-state index in [1.165, 1.54) is 0 Å². The van der Waals surface area contributed by atoms with Crippen molar-refractivity contribution >= 4 is 29.3 Å². The van der Waals surface area contributed by atoms with E-state index >= 15 is 0 Å². The van der Waals surface area contributed by atoms with E-state index in [0.717, 1.165) is 16.7 Å². The highest BCUT2D eigenvalue weighted by atomic mass is 35.5. The first kappa shape index (κ1) is 16.8. The minimum absolute atomic E-state index is 0. The summed E-state index contributed by atoms with van der Waals surface area (Å²) >= 11 is 0. The Labute approximate surface area is 135 Å². The molecule has 1 saturated heterocycles. The standard InChI is InChI=1S/C16H20N2O3.ClH/c1-18(15(19)16(17)6-8-20-9-7-16)11-13-10-12-4-2-3-5-14(12)21-13;/h2-5,10H,6-9,11,17H2,1H3;1H. The summed E-state index contributed by atoms with van der Waals surface area (Å²) in [5.41, 5.74) is 6.26. The van der Waals surface area contributed by atoms with Gasteiger partial charge in [-0.15, -0.1) is 12.4 Å². The van der Waals surface area contributed by atoms with E-state index in [4.69, 9.17) is 14.9 Å². The number of rotatable bonds is 3. The number of amides is 1. The van der Waals surface area contributed by atoms with E-state index in [1.54, 1.807) is 11.9 Å². The molecule has 120 valence electrons. The molecule has 2 heterocycles. The number of para-hydroxylation sites is 1. The fourth-order valence-electron chi connectivity index (χ4n) is 2.75. The topological polar surface area (TPSA) is 68.7 Å². The first-order chi connectivity index (χ1) is 10.1. The second kappa shape index (κ2) is 6.69. The van der Waals surface area contributed by atoms with Crippen molar-refractivity contribution in [3.8, 4) is 0 Å². The van der Waals surface area contributed by atoms with Crippen molar-refractivity contribution in [2.45, 2.75) is 24.9 Å². The van der Waals surface area contributed by atoms with Gasteiger partial charge in [-0.1, -0.05) is 18.2 Å². The van der Waals surface area contributed by atoms with Crippen LogP contribution in [0, 0.1) is 0 Å². The van der Waals surface area contributed by atoms with Crippen molar-refractivity contribution in [2.24, 2.45) is 5.73 Å². The quantitative estimate of drug-likeness (QED) is 0.940. The van der Waals surface area contributed by atoms with Crippen LogP contribution in [-0.4, -0.2) is 36.6 Å². The van der Waals surface area contributed by atoms with Gasteiger partial charge < -0.3 is 19.8 Å². The summed E-state index contributed by atoms with van der Waals surface area (Å²) in [6.45, 7) is 1.51. The van der Waals surface area contributed by atoms with Gasteiger partial charge in [-0.05, 0) is 25.0 Å². The lowest BCUT2D eigenvalue weighted by Crippen LogP contribution is -2.57. The molecule has 6 heteroatoms. The van der Waals surface area contributed by atoms with Crippen LogP contribution in [0.5, 0.6) is 0 Å². The summed E-state index contributed by atoms with van der Waals surface area (Å²) in [6.07, 6.45) is 1.13. The molecule has 0 saturated carbocycles. The average molecular weight is 325 g/mol. The molecule has 0 aliphatic carbocycles. The van der Waals surface area contributed by atoms with Crippen molar-refractivity contribution in [2.75, 3.05) is 20.3 Å². The number of halogens is 1. The highest BCUT2D eigenvalue weighted by Crippen LogP contribution is 2.23.